The summed E-state index contributed by atoms with van der Waals surface area (Å²) in [5.41, 5.74) is 2.05. The van der Waals surface area contributed by atoms with E-state index in [0.29, 0.717) is 25.9 Å². The van der Waals surface area contributed by atoms with Crippen molar-refractivity contribution in [1.29, 1.82) is 0 Å². The first-order valence-corrected chi connectivity index (χ1v) is 9.90. The second kappa shape index (κ2) is 7.17. The van der Waals surface area contributed by atoms with Crippen LogP contribution in [-0.4, -0.2) is 44.0 Å². The average Bonchev–Trinajstić information content (AvgIpc) is 2.92. The second-order valence-corrected chi connectivity index (χ2v) is 8.38. The average molecular weight is 347 g/mol. The Balaban J connectivity index is 1.45. The van der Waals surface area contributed by atoms with Crippen LogP contribution < -0.4 is 10.6 Å². The number of benzene rings is 1. The highest BCUT2D eigenvalue weighted by Crippen LogP contribution is 2.17. The van der Waals surface area contributed by atoms with Crippen molar-refractivity contribution in [3.63, 3.8) is 0 Å². The maximum Gasteiger partial charge on any atom is 0.314 e. The summed E-state index contributed by atoms with van der Waals surface area (Å²) in [4.78, 5) is 16.2. The smallest absolute Gasteiger partial charge is 0.314 e. The minimum absolute atomic E-state index is 0.0306. The number of carbonyl (C=O) groups excluding carboxylic acids is 1. The molecule has 0 saturated carbocycles. The quantitative estimate of drug-likeness (QED) is 0.858. The van der Waals surface area contributed by atoms with Gasteiger partial charge in [0.2, 0.25) is 0 Å². The van der Waals surface area contributed by atoms with E-state index in [4.69, 9.17) is 0 Å². The molecule has 0 spiro atoms. The Morgan fingerprint density at radius 3 is 2.83 bits per heavy atom. The number of fused-ring (bicyclic) bond motifs is 1. The minimum atomic E-state index is -2.90. The summed E-state index contributed by atoms with van der Waals surface area (Å²) in [6.07, 6.45) is 3.09. The number of rotatable bonds is 5. The van der Waals surface area contributed by atoms with Gasteiger partial charge in [-0.1, -0.05) is 24.3 Å². The molecule has 3 rings (SSSR count). The number of nitrogens with zero attached hydrogens (tertiary/aromatic N) is 1. The number of aromatic nitrogens is 1. The Morgan fingerprint density at radius 2 is 2.04 bits per heavy atom. The van der Waals surface area contributed by atoms with Crippen molar-refractivity contribution in [2.75, 3.05) is 24.6 Å². The lowest BCUT2D eigenvalue weighted by Gasteiger charge is -2.11. The Bertz CT molecular complexity index is 831. The standard InChI is InChI=1S/C17H21N3O3S/c21-17(20-11-13-7-10-24(22,23)12-13)19-9-6-15-4-1-3-14-5-2-8-18-16(14)15/h1-5,8,13H,6-7,9-12H2,(H2,19,20,21)/t13-/m1/s1. The number of nitrogens with one attached hydrogen (secondary N) is 2. The van der Waals surface area contributed by atoms with E-state index in [1.54, 1.807) is 6.20 Å². The summed E-state index contributed by atoms with van der Waals surface area (Å²) in [5.74, 6) is 0.437. The number of urea groups is 1. The molecule has 1 fully saturated rings. The third-order valence-electron chi connectivity index (χ3n) is 4.27. The van der Waals surface area contributed by atoms with Gasteiger partial charge in [0.1, 0.15) is 0 Å². The van der Waals surface area contributed by atoms with E-state index in [2.05, 4.69) is 15.6 Å². The number of carbonyl (C=O) groups is 1. The summed E-state index contributed by atoms with van der Waals surface area (Å²) >= 11 is 0. The monoisotopic (exact) mass is 347 g/mol. The van der Waals surface area contributed by atoms with Crippen molar-refractivity contribution in [3.8, 4) is 0 Å². The maximum atomic E-state index is 11.8. The molecule has 1 aromatic heterocycles. The molecular weight excluding hydrogens is 326 g/mol. The third kappa shape index (κ3) is 4.23. The van der Waals surface area contributed by atoms with Crippen LogP contribution in [0.25, 0.3) is 10.9 Å². The topological polar surface area (TPSA) is 88.2 Å². The number of para-hydroxylation sites is 1. The summed E-state index contributed by atoms with van der Waals surface area (Å²) < 4.78 is 22.8. The van der Waals surface area contributed by atoms with Gasteiger partial charge < -0.3 is 10.6 Å². The summed E-state index contributed by atoms with van der Waals surface area (Å²) in [7, 11) is -2.90. The van der Waals surface area contributed by atoms with Crippen molar-refractivity contribution in [2.24, 2.45) is 5.92 Å². The summed E-state index contributed by atoms with van der Waals surface area (Å²) in [6, 6.07) is 9.68. The van der Waals surface area contributed by atoms with E-state index in [-0.39, 0.29) is 23.5 Å². The normalized spacial score (nSPS) is 19.2. The van der Waals surface area contributed by atoms with E-state index in [0.717, 1.165) is 16.5 Å². The third-order valence-corrected chi connectivity index (χ3v) is 6.11. The molecule has 1 aliphatic rings. The molecule has 0 aliphatic carbocycles. The SMILES string of the molecule is O=C(NCCc1cccc2cccnc12)NC[C@H]1CCS(=O)(=O)C1. The van der Waals surface area contributed by atoms with Crippen molar-refractivity contribution >= 4 is 26.8 Å². The molecule has 2 heterocycles. The summed E-state index contributed by atoms with van der Waals surface area (Å²) in [6.45, 7) is 0.908. The number of amides is 2. The first kappa shape index (κ1) is 16.7. The Hall–Kier alpha value is -2.15. The van der Waals surface area contributed by atoms with Gasteiger partial charge in [-0.2, -0.15) is 0 Å². The highest BCUT2D eigenvalue weighted by atomic mass is 32.2. The second-order valence-electron chi connectivity index (χ2n) is 6.15. The van der Waals surface area contributed by atoms with Crippen LogP contribution >= 0.6 is 0 Å². The Morgan fingerprint density at radius 1 is 1.21 bits per heavy atom. The molecule has 0 radical (unpaired) electrons. The van der Waals surface area contributed by atoms with Crippen LogP contribution in [0.1, 0.15) is 12.0 Å². The molecule has 6 nitrogen and oxygen atoms in total. The van der Waals surface area contributed by atoms with Gasteiger partial charge in [-0.25, -0.2) is 13.2 Å². The van der Waals surface area contributed by atoms with Gasteiger partial charge in [0.05, 0.1) is 17.0 Å². The molecule has 1 atom stereocenters. The van der Waals surface area contributed by atoms with E-state index in [1.165, 1.54) is 0 Å². The highest BCUT2D eigenvalue weighted by molar-refractivity contribution is 7.91. The largest absolute Gasteiger partial charge is 0.338 e. The molecule has 2 amide bonds. The molecule has 2 N–H and O–H groups in total. The molecule has 7 heteroatoms. The van der Waals surface area contributed by atoms with E-state index in [9.17, 15) is 13.2 Å². The lowest BCUT2D eigenvalue weighted by Crippen LogP contribution is -2.39. The fraction of sp³-hybridized carbons (Fsp3) is 0.412. The first-order chi connectivity index (χ1) is 11.5. The van der Waals surface area contributed by atoms with Gasteiger partial charge in [0.15, 0.2) is 9.84 Å². The Labute approximate surface area is 141 Å². The predicted octanol–water partition coefficient (Wildman–Crippen LogP) is 1.51. The first-order valence-electron chi connectivity index (χ1n) is 8.08. The molecule has 1 aliphatic heterocycles. The van der Waals surface area contributed by atoms with Gasteiger partial charge >= 0.3 is 6.03 Å². The zero-order valence-electron chi connectivity index (χ0n) is 13.4. The van der Waals surface area contributed by atoms with Crippen LogP contribution in [0.15, 0.2) is 36.5 Å². The lowest BCUT2D eigenvalue weighted by molar-refractivity contribution is 0.239. The van der Waals surface area contributed by atoms with Gasteiger partial charge in [-0.05, 0) is 30.4 Å². The van der Waals surface area contributed by atoms with Crippen molar-refractivity contribution in [2.45, 2.75) is 12.8 Å². The van der Waals surface area contributed by atoms with Gasteiger partial charge in [-0.3, -0.25) is 4.98 Å². The van der Waals surface area contributed by atoms with Crippen LogP contribution in [0.5, 0.6) is 0 Å². The number of sulfone groups is 1. The fourth-order valence-corrected chi connectivity index (χ4v) is 4.87. The number of pyridine rings is 1. The molecule has 24 heavy (non-hydrogen) atoms. The van der Waals surface area contributed by atoms with Crippen LogP contribution in [0, 0.1) is 5.92 Å². The van der Waals surface area contributed by atoms with Gasteiger partial charge in [0.25, 0.3) is 0 Å². The lowest BCUT2D eigenvalue weighted by atomic mass is 10.1. The zero-order chi connectivity index (χ0) is 17.0. The molecule has 1 saturated heterocycles. The molecule has 0 unspecified atom stereocenters. The van der Waals surface area contributed by atoms with Crippen LogP contribution in [-0.2, 0) is 16.3 Å². The minimum Gasteiger partial charge on any atom is -0.338 e. The molecule has 128 valence electrons. The molecule has 0 bridgehead atoms. The van der Waals surface area contributed by atoms with Crippen molar-refractivity contribution in [3.05, 3.63) is 42.1 Å². The number of hydrogen-bond donors (Lipinski definition) is 2. The number of hydrogen-bond acceptors (Lipinski definition) is 4. The Kier molecular flexibility index (Phi) is 4.99. The van der Waals surface area contributed by atoms with E-state index >= 15 is 0 Å². The van der Waals surface area contributed by atoms with Crippen LogP contribution in [0.3, 0.4) is 0 Å². The zero-order valence-corrected chi connectivity index (χ0v) is 14.2. The predicted molar refractivity (Wildman–Crippen MR) is 93.6 cm³/mol. The van der Waals surface area contributed by atoms with E-state index < -0.39 is 9.84 Å². The van der Waals surface area contributed by atoms with E-state index in [1.807, 2.05) is 30.3 Å². The molecular formula is C17H21N3O3S. The molecule has 1 aromatic carbocycles. The van der Waals surface area contributed by atoms with Crippen molar-refractivity contribution in [1.82, 2.24) is 15.6 Å². The van der Waals surface area contributed by atoms with Crippen LogP contribution in [0.2, 0.25) is 0 Å². The highest BCUT2D eigenvalue weighted by Gasteiger charge is 2.27. The van der Waals surface area contributed by atoms with Crippen molar-refractivity contribution < 1.29 is 13.2 Å². The maximum absolute atomic E-state index is 11.8. The van der Waals surface area contributed by atoms with Crippen LogP contribution in [0.4, 0.5) is 4.79 Å². The molecule has 2 aromatic rings. The van der Waals surface area contributed by atoms with Gasteiger partial charge in [0, 0.05) is 24.7 Å². The summed E-state index contributed by atoms with van der Waals surface area (Å²) in [5, 5.41) is 6.65. The fourth-order valence-electron chi connectivity index (χ4n) is 3.01. The van der Waals surface area contributed by atoms with Gasteiger partial charge in [-0.15, -0.1) is 0 Å².